The minimum atomic E-state index is -4.02. The summed E-state index contributed by atoms with van der Waals surface area (Å²) in [7, 11) is -7.52. The maximum absolute atomic E-state index is 12.8. The van der Waals surface area contributed by atoms with E-state index >= 15 is 0 Å². The molecule has 0 unspecified atom stereocenters. The van der Waals surface area contributed by atoms with Crippen LogP contribution in [-0.2, 0) is 19.9 Å². The molecule has 9 heteroatoms. The fraction of sp³-hybridized carbons (Fsp3) is 0.571. The molecular formula is C14H21NO6S2. The standard InChI is InChI=1S/C14H21NO6S2/c1-10-3-4-12(7-11(10)2)23(20,21)15(5-6-16)13-8-22(18,19)9-14(13)17/h3-4,7,13-14,16-17H,5-6,8-9H2,1-2H3/t13-,14-/m0/s1. The second-order valence-corrected chi connectivity index (χ2v) is 9.84. The van der Waals surface area contributed by atoms with Crippen molar-refractivity contribution >= 4 is 19.9 Å². The van der Waals surface area contributed by atoms with E-state index in [1.54, 1.807) is 13.0 Å². The Morgan fingerprint density at radius 1 is 1.22 bits per heavy atom. The van der Waals surface area contributed by atoms with Gasteiger partial charge in [0.2, 0.25) is 10.0 Å². The molecule has 1 aromatic carbocycles. The van der Waals surface area contributed by atoms with Crippen LogP contribution in [0.1, 0.15) is 11.1 Å². The zero-order valence-corrected chi connectivity index (χ0v) is 14.6. The molecule has 0 aromatic heterocycles. The van der Waals surface area contributed by atoms with Crippen LogP contribution in [0.2, 0.25) is 0 Å². The van der Waals surface area contributed by atoms with Gasteiger partial charge in [0.05, 0.1) is 35.2 Å². The number of sulfonamides is 1. The number of hydrogen-bond acceptors (Lipinski definition) is 6. The van der Waals surface area contributed by atoms with Crippen LogP contribution >= 0.6 is 0 Å². The summed E-state index contributed by atoms with van der Waals surface area (Å²) in [6.07, 6.45) is -1.30. The third-order valence-corrected chi connectivity index (χ3v) is 7.69. The molecule has 1 aliphatic heterocycles. The molecule has 0 bridgehead atoms. The third-order valence-electron chi connectivity index (χ3n) is 4.07. The van der Waals surface area contributed by atoms with E-state index in [9.17, 15) is 27.0 Å². The molecule has 0 saturated carbocycles. The molecule has 2 N–H and O–H groups in total. The van der Waals surface area contributed by atoms with E-state index in [0.717, 1.165) is 15.4 Å². The summed E-state index contributed by atoms with van der Waals surface area (Å²) < 4.78 is 49.9. The highest BCUT2D eigenvalue weighted by Crippen LogP contribution is 2.26. The summed E-state index contributed by atoms with van der Waals surface area (Å²) in [6, 6.07) is 3.53. The molecule has 2 atom stereocenters. The van der Waals surface area contributed by atoms with E-state index in [4.69, 9.17) is 0 Å². The number of rotatable bonds is 5. The van der Waals surface area contributed by atoms with Gasteiger partial charge in [0.25, 0.3) is 0 Å². The number of nitrogens with zero attached hydrogens (tertiary/aromatic N) is 1. The van der Waals surface area contributed by atoms with Gasteiger partial charge in [-0.1, -0.05) is 6.07 Å². The molecular weight excluding hydrogens is 342 g/mol. The first kappa shape index (κ1) is 18.3. The predicted molar refractivity (Wildman–Crippen MR) is 85.3 cm³/mol. The lowest BCUT2D eigenvalue weighted by Gasteiger charge is -2.28. The topological polar surface area (TPSA) is 112 Å². The average molecular weight is 363 g/mol. The van der Waals surface area contributed by atoms with Gasteiger partial charge in [-0.2, -0.15) is 4.31 Å². The van der Waals surface area contributed by atoms with Crippen molar-refractivity contribution in [2.45, 2.75) is 30.9 Å². The highest BCUT2D eigenvalue weighted by atomic mass is 32.2. The van der Waals surface area contributed by atoms with Crippen LogP contribution in [0, 0.1) is 13.8 Å². The van der Waals surface area contributed by atoms with E-state index < -0.39 is 50.1 Å². The Labute approximate surface area is 136 Å². The van der Waals surface area contributed by atoms with Gasteiger partial charge in [-0.15, -0.1) is 0 Å². The van der Waals surface area contributed by atoms with Gasteiger partial charge in [-0.25, -0.2) is 16.8 Å². The van der Waals surface area contributed by atoms with E-state index in [1.165, 1.54) is 12.1 Å². The zero-order valence-electron chi connectivity index (χ0n) is 13.0. The van der Waals surface area contributed by atoms with Crippen molar-refractivity contribution in [2.75, 3.05) is 24.7 Å². The number of aryl methyl sites for hydroxylation is 2. The molecule has 7 nitrogen and oxygen atoms in total. The van der Waals surface area contributed by atoms with Crippen molar-refractivity contribution in [2.24, 2.45) is 0 Å². The van der Waals surface area contributed by atoms with Crippen LogP contribution in [-0.4, -0.2) is 68.2 Å². The normalized spacial score (nSPS) is 24.2. The summed E-state index contributed by atoms with van der Waals surface area (Å²) in [6.45, 7) is 2.89. The lowest BCUT2D eigenvalue weighted by Crippen LogP contribution is -2.47. The van der Waals surface area contributed by atoms with Gasteiger partial charge in [-0.3, -0.25) is 0 Å². The van der Waals surface area contributed by atoms with Crippen molar-refractivity contribution < 1.29 is 27.0 Å². The molecule has 0 aliphatic carbocycles. The second kappa shape index (κ2) is 6.48. The first-order valence-electron chi connectivity index (χ1n) is 7.17. The first-order valence-corrected chi connectivity index (χ1v) is 10.4. The highest BCUT2D eigenvalue weighted by molar-refractivity contribution is 7.92. The number of sulfone groups is 1. The monoisotopic (exact) mass is 363 g/mol. The summed E-state index contributed by atoms with van der Waals surface area (Å²) in [4.78, 5) is 0.0190. The minimum absolute atomic E-state index is 0.0190. The number of aliphatic hydroxyl groups excluding tert-OH is 2. The highest BCUT2D eigenvalue weighted by Gasteiger charge is 2.44. The van der Waals surface area contributed by atoms with E-state index in [1.807, 2.05) is 6.92 Å². The molecule has 1 saturated heterocycles. The predicted octanol–water partition coefficient (Wildman–Crippen LogP) is -0.556. The molecule has 1 aliphatic rings. The lowest BCUT2D eigenvalue weighted by molar-refractivity contribution is 0.117. The average Bonchev–Trinajstić information content (AvgIpc) is 2.71. The second-order valence-electron chi connectivity index (χ2n) is 5.80. The summed E-state index contributed by atoms with van der Waals surface area (Å²) in [5, 5.41) is 19.1. The maximum atomic E-state index is 12.8. The molecule has 2 rings (SSSR count). The van der Waals surface area contributed by atoms with Crippen molar-refractivity contribution in [3.63, 3.8) is 0 Å². The van der Waals surface area contributed by atoms with Crippen molar-refractivity contribution in [3.05, 3.63) is 29.3 Å². The Morgan fingerprint density at radius 3 is 2.35 bits per heavy atom. The van der Waals surface area contributed by atoms with E-state index in [0.29, 0.717) is 0 Å². The number of benzene rings is 1. The van der Waals surface area contributed by atoms with Gasteiger partial charge >= 0.3 is 0 Å². The Bertz CT molecular complexity index is 787. The molecule has 0 radical (unpaired) electrons. The van der Waals surface area contributed by atoms with Crippen LogP contribution in [0.5, 0.6) is 0 Å². The smallest absolute Gasteiger partial charge is 0.243 e. The van der Waals surface area contributed by atoms with Crippen molar-refractivity contribution in [3.8, 4) is 0 Å². The fourth-order valence-electron chi connectivity index (χ4n) is 2.66. The van der Waals surface area contributed by atoms with Gasteiger partial charge in [0, 0.05) is 6.54 Å². The summed E-state index contributed by atoms with van der Waals surface area (Å²) in [5.74, 6) is -0.916. The fourth-order valence-corrected chi connectivity index (χ4v) is 6.28. The first-order chi connectivity index (χ1) is 10.6. The molecule has 130 valence electrons. The Balaban J connectivity index is 2.45. The SMILES string of the molecule is Cc1ccc(S(=O)(=O)N(CCO)[C@H]2CS(=O)(=O)C[C@@H]2O)cc1C. The van der Waals surface area contributed by atoms with Gasteiger partial charge in [-0.05, 0) is 37.1 Å². The quantitative estimate of drug-likeness (QED) is 0.726. The zero-order chi connectivity index (χ0) is 17.4. The molecule has 23 heavy (non-hydrogen) atoms. The number of aliphatic hydroxyl groups is 2. The Hall–Kier alpha value is -1.00. The molecule has 0 amide bonds. The van der Waals surface area contributed by atoms with Crippen LogP contribution in [0.15, 0.2) is 23.1 Å². The van der Waals surface area contributed by atoms with Gasteiger partial charge in [0.1, 0.15) is 0 Å². The summed E-state index contributed by atoms with van der Waals surface area (Å²) in [5.41, 5.74) is 1.72. The maximum Gasteiger partial charge on any atom is 0.243 e. The Kier molecular flexibility index (Phi) is 5.17. The van der Waals surface area contributed by atoms with Crippen molar-refractivity contribution in [1.29, 1.82) is 0 Å². The van der Waals surface area contributed by atoms with Crippen LogP contribution in [0.4, 0.5) is 0 Å². The lowest BCUT2D eigenvalue weighted by atomic mass is 10.1. The van der Waals surface area contributed by atoms with E-state index in [-0.39, 0.29) is 11.4 Å². The van der Waals surface area contributed by atoms with Gasteiger partial charge < -0.3 is 10.2 Å². The van der Waals surface area contributed by atoms with Crippen LogP contribution in [0.3, 0.4) is 0 Å². The van der Waals surface area contributed by atoms with Gasteiger partial charge in [0.15, 0.2) is 9.84 Å². The van der Waals surface area contributed by atoms with Crippen LogP contribution in [0.25, 0.3) is 0 Å². The molecule has 1 heterocycles. The molecule has 1 fully saturated rings. The third kappa shape index (κ3) is 3.74. The molecule has 0 spiro atoms. The Morgan fingerprint density at radius 2 is 1.87 bits per heavy atom. The largest absolute Gasteiger partial charge is 0.395 e. The molecule has 1 aromatic rings. The van der Waals surface area contributed by atoms with Crippen molar-refractivity contribution in [1.82, 2.24) is 4.31 Å². The number of hydrogen-bond donors (Lipinski definition) is 2. The van der Waals surface area contributed by atoms with E-state index in [2.05, 4.69) is 0 Å². The summed E-state index contributed by atoms with van der Waals surface area (Å²) >= 11 is 0. The van der Waals surface area contributed by atoms with Crippen LogP contribution < -0.4 is 0 Å². The minimum Gasteiger partial charge on any atom is -0.395 e.